The molecule has 82 valence electrons. The van der Waals surface area contributed by atoms with Gasteiger partial charge in [0.15, 0.2) is 0 Å². The van der Waals surface area contributed by atoms with Gasteiger partial charge in [0.05, 0.1) is 0 Å². The molecule has 1 aromatic carbocycles. The Hall–Kier alpha value is -1.71. The number of nitrogens with one attached hydrogen (secondary N) is 1. The van der Waals surface area contributed by atoms with Crippen molar-refractivity contribution in [3.05, 3.63) is 40.2 Å². The highest BCUT2D eigenvalue weighted by Gasteiger charge is 2.23. The summed E-state index contributed by atoms with van der Waals surface area (Å²) in [5, 5.41) is 0.740. The molecule has 1 saturated carbocycles. The predicted molar refractivity (Wildman–Crippen MR) is 58.9 cm³/mol. The van der Waals surface area contributed by atoms with Crippen LogP contribution in [-0.2, 0) is 0 Å². The minimum atomic E-state index is -0.459. The van der Waals surface area contributed by atoms with E-state index in [9.17, 15) is 9.18 Å². The van der Waals surface area contributed by atoms with Crippen LogP contribution in [0.1, 0.15) is 30.9 Å². The Morgan fingerprint density at radius 2 is 2.19 bits per heavy atom. The monoisotopic (exact) mass is 218 g/mol. The molecule has 16 heavy (non-hydrogen) atoms. The number of H-pyrrole nitrogens is 1. The molecule has 2 aromatic rings. The van der Waals surface area contributed by atoms with Crippen molar-refractivity contribution in [1.82, 2.24) is 9.97 Å². The number of fused-ring (bicyclic) bond motifs is 1. The zero-order valence-electron chi connectivity index (χ0n) is 8.66. The fraction of sp³-hybridized carbons (Fsp3) is 0.333. The predicted octanol–water partition coefficient (Wildman–Crippen LogP) is 2.33. The molecule has 0 amide bonds. The molecule has 0 spiro atoms. The SMILES string of the molecule is O=c1nc2c(F)cccc2c(C2CCC2)[nH]1. The summed E-state index contributed by atoms with van der Waals surface area (Å²) in [5.74, 6) is -0.0656. The standard InChI is InChI=1S/C12H11FN2O/c13-9-6-2-5-8-10(7-3-1-4-7)14-12(16)15-11(8)9/h2,5-7H,1,3-4H2,(H,14,15,16). The minimum absolute atomic E-state index is 0.188. The quantitative estimate of drug-likeness (QED) is 0.798. The number of benzene rings is 1. The van der Waals surface area contributed by atoms with E-state index in [0.29, 0.717) is 5.92 Å². The van der Waals surface area contributed by atoms with Gasteiger partial charge in [0.2, 0.25) is 0 Å². The molecule has 1 aliphatic rings. The zero-order valence-corrected chi connectivity index (χ0v) is 8.66. The number of para-hydroxylation sites is 1. The highest BCUT2D eigenvalue weighted by molar-refractivity contribution is 5.81. The number of aromatic amines is 1. The van der Waals surface area contributed by atoms with Gasteiger partial charge in [0, 0.05) is 11.1 Å². The molecule has 0 saturated heterocycles. The Morgan fingerprint density at radius 1 is 1.38 bits per heavy atom. The lowest BCUT2D eigenvalue weighted by Gasteiger charge is -2.26. The summed E-state index contributed by atoms with van der Waals surface area (Å²) in [7, 11) is 0. The molecule has 1 aliphatic carbocycles. The van der Waals surface area contributed by atoms with Gasteiger partial charge in [-0.1, -0.05) is 18.6 Å². The third-order valence-electron chi connectivity index (χ3n) is 3.25. The lowest BCUT2D eigenvalue weighted by Crippen LogP contribution is -2.19. The van der Waals surface area contributed by atoms with E-state index < -0.39 is 11.5 Å². The molecule has 1 N–H and O–H groups in total. The van der Waals surface area contributed by atoms with Crippen molar-refractivity contribution in [2.24, 2.45) is 0 Å². The number of aromatic nitrogens is 2. The first kappa shape index (κ1) is 9.51. The van der Waals surface area contributed by atoms with Gasteiger partial charge in [0.25, 0.3) is 0 Å². The van der Waals surface area contributed by atoms with Crippen molar-refractivity contribution < 1.29 is 4.39 Å². The van der Waals surface area contributed by atoms with Gasteiger partial charge in [-0.2, -0.15) is 4.98 Å². The molecule has 3 nitrogen and oxygen atoms in total. The van der Waals surface area contributed by atoms with Crippen LogP contribution in [0.4, 0.5) is 4.39 Å². The van der Waals surface area contributed by atoms with Gasteiger partial charge >= 0.3 is 5.69 Å². The van der Waals surface area contributed by atoms with E-state index in [-0.39, 0.29) is 5.52 Å². The average molecular weight is 218 g/mol. The molecule has 3 rings (SSSR count). The Balaban J connectivity index is 2.34. The van der Waals surface area contributed by atoms with Gasteiger partial charge in [-0.25, -0.2) is 9.18 Å². The molecule has 0 aliphatic heterocycles. The minimum Gasteiger partial charge on any atom is -0.309 e. The first-order valence-electron chi connectivity index (χ1n) is 5.44. The Morgan fingerprint density at radius 3 is 2.88 bits per heavy atom. The first-order chi connectivity index (χ1) is 7.75. The van der Waals surface area contributed by atoms with E-state index in [0.717, 1.165) is 23.9 Å². The molecule has 4 heteroatoms. The maximum atomic E-state index is 13.5. The van der Waals surface area contributed by atoms with Gasteiger partial charge < -0.3 is 4.98 Å². The lowest BCUT2D eigenvalue weighted by molar-refractivity contribution is 0.412. The largest absolute Gasteiger partial charge is 0.345 e. The van der Waals surface area contributed by atoms with Crippen LogP contribution in [0.2, 0.25) is 0 Å². The van der Waals surface area contributed by atoms with Gasteiger partial charge in [-0.05, 0) is 24.8 Å². The molecule has 1 aromatic heterocycles. The van der Waals surface area contributed by atoms with Crippen LogP contribution < -0.4 is 5.69 Å². The summed E-state index contributed by atoms with van der Waals surface area (Å²) < 4.78 is 13.5. The topological polar surface area (TPSA) is 45.8 Å². The van der Waals surface area contributed by atoms with Crippen molar-refractivity contribution in [2.75, 3.05) is 0 Å². The van der Waals surface area contributed by atoms with Gasteiger partial charge in [-0.15, -0.1) is 0 Å². The van der Waals surface area contributed by atoms with E-state index in [1.807, 2.05) is 6.07 Å². The Labute approximate surface area is 91.3 Å². The first-order valence-corrected chi connectivity index (χ1v) is 5.44. The Kier molecular flexibility index (Phi) is 2.02. The maximum absolute atomic E-state index is 13.5. The summed E-state index contributed by atoms with van der Waals surface area (Å²) in [6.07, 6.45) is 3.29. The van der Waals surface area contributed by atoms with Crippen LogP contribution in [0, 0.1) is 5.82 Å². The normalized spacial score (nSPS) is 16.3. The summed E-state index contributed by atoms with van der Waals surface area (Å²) in [4.78, 5) is 17.8. The van der Waals surface area contributed by atoms with Crippen molar-refractivity contribution >= 4 is 10.9 Å². The van der Waals surface area contributed by atoms with Crippen LogP contribution in [0.3, 0.4) is 0 Å². The third kappa shape index (κ3) is 1.33. The molecular weight excluding hydrogens is 207 g/mol. The van der Waals surface area contributed by atoms with Crippen LogP contribution >= 0.6 is 0 Å². The van der Waals surface area contributed by atoms with Crippen molar-refractivity contribution in [3.63, 3.8) is 0 Å². The third-order valence-corrected chi connectivity index (χ3v) is 3.25. The molecular formula is C12H11FN2O. The summed E-state index contributed by atoms with van der Waals surface area (Å²) in [6.45, 7) is 0. The van der Waals surface area contributed by atoms with E-state index in [1.165, 1.54) is 12.5 Å². The van der Waals surface area contributed by atoms with Crippen LogP contribution in [0.25, 0.3) is 10.9 Å². The number of hydrogen-bond acceptors (Lipinski definition) is 2. The number of rotatable bonds is 1. The fourth-order valence-electron chi connectivity index (χ4n) is 2.18. The second-order valence-corrected chi connectivity index (χ2v) is 4.22. The fourth-order valence-corrected chi connectivity index (χ4v) is 2.18. The highest BCUT2D eigenvalue weighted by atomic mass is 19.1. The van der Waals surface area contributed by atoms with Crippen molar-refractivity contribution in [3.8, 4) is 0 Å². The summed E-state index contributed by atoms with van der Waals surface area (Å²) in [5.41, 5.74) is 0.577. The van der Waals surface area contributed by atoms with Gasteiger partial charge in [0.1, 0.15) is 11.3 Å². The van der Waals surface area contributed by atoms with Crippen LogP contribution in [0.15, 0.2) is 23.0 Å². The van der Waals surface area contributed by atoms with Crippen LogP contribution in [0.5, 0.6) is 0 Å². The smallest absolute Gasteiger partial charge is 0.309 e. The molecule has 0 atom stereocenters. The Bertz CT molecular complexity index is 601. The molecule has 0 unspecified atom stereocenters. The van der Waals surface area contributed by atoms with Crippen molar-refractivity contribution in [1.29, 1.82) is 0 Å². The zero-order chi connectivity index (χ0) is 11.1. The van der Waals surface area contributed by atoms with Crippen molar-refractivity contribution in [2.45, 2.75) is 25.2 Å². The van der Waals surface area contributed by atoms with E-state index in [4.69, 9.17) is 0 Å². The van der Waals surface area contributed by atoms with Crippen LogP contribution in [-0.4, -0.2) is 9.97 Å². The molecule has 0 radical (unpaired) electrons. The van der Waals surface area contributed by atoms with E-state index in [2.05, 4.69) is 9.97 Å². The van der Waals surface area contributed by atoms with E-state index >= 15 is 0 Å². The second kappa shape index (κ2) is 3.40. The summed E-state index contributed by atoms with van der Waals surface area (Å²) in [6, 6.07) is 4.80. The summed E-state index contributed by atoms with van der Waals surface area (Å²) >= 11 is 0. The number of hydrogen-bond donors (Lipinski definition) is 1. The second-order valence-electron chi connectivity index (χ2n) is 4.22. The van der Waals surface area contributed by atoms with Gasteiger partial charge in [-0.3, -0.25) is 0 Å². The molecule has 1 fully saturated rings. The number of nitrogens with zero attached hydrogens (tertiary/aromatic N) is 1. The highest BCUT2D eigenvalue weighted by Crippen LogP contribution is 2.37. The number of halogens is 1. The maximum Gasteiger partial charge on any atom is 0.345 e. The molecule has 1 heterocycles. The average Bonchev–Trinajstić information content (AvgIpc) is 2.17. The van der Waals surface area contributed by atoms with E-state index in [1.54, 1.807) is 6.07 Å². The lowest BCUT2D eigenvalue weighted by atomic mass is 9.81. The molecule has 0 bridgehead atoms.